The van der Waals surface area contributed by atoms with Gasteiger partial charge >= 0.3 is 0 Å². The van der Waals surface area contributed by atoms with Crippen molar-refractivity contribution < 1.29 is 22.7 Å². The van der Waals surface area contributed by atoms with Gasteiger partial charge in [0.15, 0.2) is 11.5 Å². The number of hydrogen-bond acceptors (Lipinski definition) is 6. The van der Waals surface area contributed by atoms with E-state index in [0.29, 0.717) is 11.3 Å². The summed E-state index contributed by atoms with van der Waals surface area (Å²) in [4.78, 5) is 12.8. The summed E-state index contributed by atoms with van der Waals surface area (Å²) in [7, 11) is -1.14. The first kappa shape index (κ1) is 20.0. The van der Waals surface area contributed by atoms with Gasteiger partial charge < -0.3 is 9.47 Å². The van der Waals surface area contributed by atoms with Crippen LogP contribution in [0.15, 0.2) is 47.4 Å². The minimum atomic E-state index is -3.99. The van der Waals surface area contributed by atoms with E-state index < -0.39 is 15.9 Å². The molecule has 1 amide bonds. The molecule has 0 unspecified atom stereocenters. The average Bonchev–Trinajstić information content (AvgIpc) is 3.16. The first-order chi connectivity index (χ1) is 14.3. The Morgan fingerprint density at radius 1 is 0.967 bits per heavy atom. The first-order valence-electron chi connectivity index (χ1n) is 9.22. The van der Waals surface area contributed by atoms with Crippen LogP contribution in [-0.4, -0.2) is 42.6 Å². The summed E-state index contributed by atoms with van der Waals surface area (Å²) in [6.45, 7) is 3.81. The highest BCUT2D eigenvalue weighted by Crippen LogP contribution is 2.39. The number of benzene rings is 2. The van der Waals surface area contributed by atoms with E-state index in [-0.39, 0.29) is 22.8 Å². The second-order valence-corrected chi connectivity index (χ2v) is 8.86. The van der Waals surface area contributed by atoms with Gasteiger partial charge in [-0.2, -0.15) is 5.10 Å². The molecule has 1 aromatic heterocycles. The highest BCUT2D eigenvalue weighted by Gasteiger charge is 2.42. The van der Waals surface area contributed by atoms with Crippen LogP contribution < -0.4 is 9.47 Å². The van der Waals surface area contributed by atoms with Crippen molar-refractivity contribution in [2.24, 2.45) is 0 Å². The number of amides is 1. The van der Waals surface area contributed by atoms with Gasteiger partial charge in [0.25, 0.3) is 15.9 Å². The molecule has 1 aliphatic rings. The maximum absolute atomic E-state index is 13.0. The normalized spacial score (nSPS) is 14.7. The van der Waals surface area contributed by atoms with E-state index in [1.54, 1.807) is 12.1 Å². The lowest BCUT2D eigenvalue weighted by Crippen LogP contribution is -2.29. The minimum absolute atomic E-state index is 0.0716. The summed E-state index contributed by atoms with van der Waals surface area (Å²) < 4.78 is 39.1. The standard InChI is InChI=1S/C21H21N3O5S/c1-13-9-14(2)24(22-13)16-7-5-15(6-8-16)12-23-21(25)17-10-18(28-3)19(29-4)11-20(17)30(23,26)27/h5-11H,12H2,1-4H3. The molecule has 0 spiro atoms. The lowest BCUT2D eigenvalue weighted by molar-refractivity contribution is 0.0864. The Labute approximate surface area is 174 Å². The zero-order chi connectivity index (χ0) is 21.6. The number of nitrogens with zero attached hydrogens (tertiary/aromatic N) is 3. The van der Waals surface area contributed by atoms with Gasteiger partial charge in [-0.25, -0.2) is 17.4 Å². The van der Waals surface area contributed by atoms with E-state index in [4.69, 9.17) is 9.47 Å². The molecular formula is C21H21N3O5S. The van der Waals surface area contributed by atoms with Crippen molar-refractivity contribution in [3.05, 3.63) is 65.0 Å². The van der Waals surface area contributed by atoms with Crippen molar-refractivity contribution in [2.45, 2.75) is 25.3 Å². The summed E-state index contributed by atoms with van der Waals surface area (Å²) in [5.41, 5.74) is 3.53. The maximum atomic E-state index is 13.0. The first-order valence-corrected chi connectivity index (χ1v) is 10.7. The fraction of sp³-hybridized carbons (Fsp3) is 0.238. The maximum Gasteiger partial charge on any atom is 0.269 e. The van der Waals surface area contributed by atoms with Gasteiger partial charge in [0, 0.05) is 11.8 Å². The monoisotopic (exact) mass is 427 g/mol. The molecule has 156 valence electrons. The minimum Gasteiger partial charge on any atom is -0.493 e. The van der Waals surface area contributed by atoms with Crippen molar-refractivity contribution >= 4 is 15.9 Å². The molecule has 2 aromatic carbocycles. The molecule has 3 aromatic rings. The summed E-state index contributed by atoms with van der Waals surface area (Å²) >= 11 is 0. The van der Waals surface area contributed by atoms with Crippen LogP contribution in [0.1, 0.15) is 27.3 Å². The van der Waals surface area contributed by atoms with Crippen LogP contribution in [0.5, 0.6) is 11.5 Å². The van der Waals surface area contributed by atoms with Gasteiger partial charge in [-0.1, -0.05) is 12.1 Å². The number of carbonyl (C=O) groups is 1. The number of fused-ring (bicyclic) bond motifs is 1. The van der Waals surface area contributed by atoms with Gasteiger partial charge in [-0.3, -0.25) is 4.79 Å². The van der Waals surface area contributed by atoms with Gasteiger partial charge in [0.1, 0.15) is 4.90 Å². The topological polar surface area (TPSA) is 90.7 Å². The third-order valence-electron chi connectivity index (χ3n) is 5.03. The summed E-state index contributed by atoms with van der Waals surface area (Å²) in [6, 6.07) is 12.0. The number of sulfonamides is 1. The molecule has 0 N–H and O–H groups in total. The molecule has 0 saturated heterocycles. The Morgan fingerprint density at radius 2 is 1.60 bits per heavy atom. The van der Waals surface area contributed by atoms with Gasteiger partial charge in [-0.15, -0.1) is 0 Å². The van der Waals surface area contributed by atoms with E-state index in [9.17, 15) is 13.2 Å². The van der Waals surface area contributed by atoms with E-state index in [1.807, 2.05) is 36.7 Å². The van der Waals surface area contributed by atoms with Gasteiger partial charge in [0.05, 0.1) is 37.7 Å². The van der Waals surface area contributed by atoms with Crippen LogP contribution in [0.4, 0.5) is 0 Å². The Balaban J connectivity index is 1.65. The molecule has 0 fully saturated rings. The number of aromatic nitrogens is 2. The Bertz CT molecular complexity index is 1250. The number of methoxy groups -OCH3 is 2. The molecule has 0 saturated carbocycles. The van der Waals surface area contributed by atoms with Crippen molar-refractivity contribution in [3.8, 4) is 17.2 Å². The van der Waals surface area contributed by atoms with Crippen LogP contribution in [0.25, 0.3) is 5.69 Å². The molecule has 9 heteroatoms. The third kappa shape index (κ3) is 3.11. The molecule has 4 rings (SSSR count). The van der Waals surface area contributed by atoms with Crippen LogP contribution in [0.3, 0.4) is 0 Å². The van der Waals surface area contributed by atoms with E-state index in [2.05, 4.69) is 5.10 Å². The Kier molecular flexibility index (Phi) is 4.77. The second-order valence-electron chi connectivity index (χ2n) is 7.03. The quantitative estimate of drug-likeness (QED) is 0.622. The number of aryl methyl sites for hydroxylation is 2. The van der Waals surface area contributed by atoms with Crippen molar-refractivity contribution in [2.75, 3.05) is 14.2 Å². The van der Waals surface area contributed by atoms with Crippen molar-refractivity contribution in [1.29, 1.82) is 0 Å². The molecule has 0 bridgehead atoms. The van der Waals surface area contributed by atoms with Crippen molar-refractivity contribution in [3.63, 3.8) is 0 Å². The molecule has 0 radical (unpaired) electrons. The summed E-state index contributed by atoms with van der Waals surface area (Å²) in [6.07, 6.45) is 0. The van der Waals surface area contributed by atoms with Gasteiger partial charge in [0.2, 0.25) is 0 Å². The van der Waals surface area contributed by atoms with Gasteiger partial charge in [-0.05, 0) is 43.7 Å². The zero-order valence-corrected chi connectivity index (χ0v) is 17.9. The van der Waals surface area contributed by atoms with E-state index in [1.165, 1.54) is 26.4 Å². The number of ether oxygens (including phenoxy) is 2. The number of rotatable bonds is 5. The summed E-state index contributed by atoms with van der Waals surface area (Å²) in [5, 5.41) is 4.44. The highest BCUT2D eigenvalue weighted by atomic mass is 32.2. The number of carbonyl (C=O) groups excluding carboxylic acids is 1. The van der Waals surface area contributed by atoms with Crippen molar-refractivity contribution in [1.82, 2.24) is 14.1 Å². The predicted molar refractivity (Wildman–Crippen MR) is 110 cm³/mol. The van der Waals surface area contributed by atoms with E-state index >= 15 is 0 Å². The van der Waals surface area contributed by atoms with Crippen LogP contribution >= 0.6 is 0 Å². The molecular weight excluding hydrogens is 406 g/mol. The molecule has 1 aliphatic heterocycles. The molecule has 0 aliphatic carbocycles. The zero-order valence-electron chi connectivity index (χ0n) is 17.0. The Hall–Kier alpha value is -3.33. The molecule has 8 nitrogen and oxygen atoms in total. The van der Waals surface area contributed by atoms with E-state index in [0.717, 1.165) is 21.4 Å². The predicted octanol–water partition coefficient (Wildman–Crippen LogP) is 2.85. The molecule has 0 atom stereocenters. The average molecular weight is 427 g/mol. The number of hydrogen-bond donors (Lipinski definition) is 0. The largest absolute Gasteiger partial charge is 0.493 e. The second kappa shape index (κ2) is 7.17. The smallest absolute Gasteiger partial charge is 0.269 e. The Morgan fingerprint density at radius 3 is 2.17 bits per heavy atom. The summed E-state index contributed by atoms with van der Waals surface area (Å²) in [5.74, 6) is -0.0341. The van der Waals surface area contributed by atoms with Crippen LogP contribution in [0, 0.1) is 13.8 Å². The lowest BCUT2D eigenvalue weighted by Gasteiger charge is -2.15. The highest BCUT2D eigenvalue weighted by molar-refractivity contribution is 7.90. The fourth-order valence-corrected chi connectivity index (χ4v) is 5.11. The molecule has 30 heavy (non-hydrogen) atoms. The molecule has 2 heterocycles. The fourth-order valence-electron chi connectivity index (χ4n) is 3.56. The SMILES string of the molecule is COc1cc2c(cc1OC)S(=O)(=O)N(Cc1ccc(-n3nc(C)cc3C)cc1)C2=O. The third-order valence-corrected chi connectivity index (χ3v) is 6.80. The van der Waals surface area contributed by atoms with Crippen LogP contribution in [-0.2, 0) is 16.6 Å². The lowest BCUT2D eigenvalue weighted by atomic mass is 10.1. The van der Waals surface area contributed by atoms with Crippen LogP contribution in [0.2, 0.25) is 0 Å².